The summed E-state index contributed by atoms with van der Waals surface area (Å²) in [5.74, 6) is 2.01. The summed E-state index contributed by atoms with van der Waals surface area (Å²) in [6.45, 7) is 2.56. The van der Waals surface area contributed by atoms with Gasteiger partial charge >= 0.3 is 0 Å². The molecule has 11 nitrogen and oxygen atoms in total. The van der Waals surface area contributed by atoms with E-state index in [2.05, 4.69) is 10.6 Å². The van der Waals surface area contributed by atoms with Gasteiger partial charge in [-0.2, -0.15) is 0 Å². The van der Waals surface area contributed by atoms with Crippen LogP contribution < -0.4 is 35.1 Å². The molecule has 230 valence electrons. The second-order valence-corrected chi connectivity index (χ2v) is 11.1. The van der Waals surface area contributed by atoms with Gasteiger partial charge in [-0.25, -0.2) is 4.98 Å². The van der Waals surface area contributed by atoms with E-state index >= 15 is 0 Å². The minimum atomic E-state index is -0.546. The van der Waals surface area contributed by atoms with Crippen LogP contribution >= 0.6 is 11.8 Å². The zero-order valence-electron chi connectivity index (χ0n) is 24.8. The number of fused-ring (bicyclic) bond motifs is 2. The Labute approximate surface area is 258 Å². The van der Waals surface area contributed by atoms with Crippen LogP contribution in [0.15, 0.2) is 70.6 Å². The molecule has 12 heteroatoms. The fraction of sp³-hybridized carbons (Fsp3) is 0.312. The highest BCUT2D eigenvalue weighted by Crippen LogP contribution is 2.35. The summed E-state index contributed by atoms with van der Waals surface area (Å²) in [6, 6.07) is 17.9. The molecule has 0 aliphatic carbocycles. The molecular formula is C32H34N4O7S. The smallest absolute Gasteiger partial charge is 0.262 e. The molecule has 3 aromatic carbocycles. The molecule has 5 rings (SSSR count). The Hall–Kier alpha value is -4.71. The topological polar surface area (TPSA) is 130 Å². The number of carbonyl (C=O) groups excluding carboxylic acids is 2. The number of benzene rings is 3. The van der Waals surface area contributed by atoms with Gasteiger partial charge in [-0.3, -0.25) is 19.0 Å². The van der Waals surface area contributed by atoms with Gasteiger partial charge in [-0.15, -0.1) is 0 Å². The minimum Gasteiger partial charge on any atom is -0.493 e. The lowest BCUT2D eigenvalue weighted by atomic mass is 10.1. The van der Waals surface area contributed by atoms with E-state index in [-0.39, 0.29) is 37.1 Å². The normalized spacial score (nSPS) is 12.5. The van der Waals surface area contributed by atoms with Crippen molar-refractivity contribution in [2.75, 3.05) is 32.9 Å². The Bertz CT molecular complexity index is 1730. The van der Waals surface area contributed by atoms with Gasteiger partial charge in [0.2, 0.25) is 18.6 Å². The number of amides is 2. The number of nitrogens with one attached hydrogen (secondary N) is 2. The number of thioether (sulfide) groups is 1. The molecular weight excluding hydrogens is 584 g/mol. The minimum absolute atomic E-state index is 0.0691. The maximum absolute atomic E-state index is 13.5. The monoisotopic (exact) mass is 618 g/mol. The van der Waals surface area contributed by atoms with Crippen LogP contribution in [-0.2, 0) is 22.6 Å². The maximum Gasteiger partial charge on any atom is 0.262 e. The summed E-state index contributed by atoms with van der Waals surface area (Å²) < 4.78 is 22.9. The first kappa shape index (κ1) is 30.7. The van der Waals surface area contributed by atoms with E-state index in [1.165, 1.54) is 16.3 Å². The molecule has 0 bridgehead atoms. The van der Waals surface area contributed by atoms with Crippen LogP contribution in [0.2, 0.25) is 0 Å². The first-order valence-electron chi connectivity index (χ1n) is 14.2. The number of hydrogen-bond acceptors (Lipinski definition) is 9. The molecule has 44 heavy (non-hydrogen) atoms. The summed E-state index contributed by atoms with van der Waals surface area (Å²) >= 11 is 1.20. The highest BCUT2D eigenvalue weighted by Gasteiger charge is 2.23. The third kappa shape index (κ3) is 7.08. The number of methoxy groups -OCH3 is 2. The molecule has 0 radical (unpaired) electrons. The van der Waals surface area contributed by atoms with Gasteiger partial charge in [0.25, 0.3) is 5.56 Å². The molecule has 1 aliphatic rings. The quantitative estimate of drug-likeness (QED) is 0.165. The number of aromatic nitrogens is 2. The molecule has 2 N–H and O–H groups in total. The average molecular weight is 619 g/mol. The predicted molar refractivity (Wildman–Crippen MR) is 168 cm³/mol. The summed E-state index contributed by atoms with van der Waals surface area (Å²) in [5, 5.41) is 6.12. The van der Waals surface area contributed by atoms with Gasteiger partial charge in [0.1, 0.15) is 0 Å². The fourth-order valence-corrected chi connectivity index (χ4v) is 5.81. The first-order valence-corrected chi connectivity index (χ1v) is 15.1. The van der Waals surface area contributed by atoms with Crippen LogP contribution in [0, 0.1) is 0 Å². The van der Waals surface area contributed by atoms with Gasteiger partial charge in [-0.05, 0) is 54.8 Å². The van der Waals surface area contributed by atoms with Gasteiger partial charge in [-0.1, -0.05) is 36.9 Å². The summed E-state index contributed by atoms with van der Waals surface area (Å²) in [7, 11) is 3.16. The van der Waals surface area contributed by atoms with Crippen molar-refractivity contribution >= 4 is 40.2 Å². The van der Waals surface area contributed by atoms with Crippen LogP contribution in [0.4, 0.5) is 5.69 Å². The van der Waals surface area contributed by atoms with Crippen molar-refractivity contribution in [1.29, 1.82) is 0 Å². The molecule has 0 fully saturated rings. The van der Waals surface area contributed by atoms with Crippen LogP contribution in [0.5, 0.6) is 23.0 Å². The van der Waals surface area contributed by atoms with E-state index in [0.717, 1.165) is 5.56 Å². The molecule has 2 amide bonds. The van der Waals surface area contributed by atoms with E-state index in [0.29, 0.717) is 64.1 Å². The number of nitrogens with zero attached hydrogens (tertiary/aromatic N) is 2. The zero-order chi connectivity index (χ0) is 31.1. The van der Waals surface area contributed by atoms with E-state index in [9.17, 15) is 14.4 Å². The van der Waals surface area contributed by atoms with Crippen LogP contribution in [0.1, 0.15) is 25.3 Å². The van der Waals surface area contributed by atoms with E-state index in [1.54, 1.807) is 50.6 Å². The molecule has 0 spiro atoms. The third-order valence-electron chi connectivity index (χ3n) is 7.12. The van der Waals surface area contributed by atoms with Gasteiger partial charge < -0.3 is 29.6 Å². The van der Waals surface area contributed by atoms with Crippen molar-refractivity contribution in [1.82, 2.24) is 14.9 Å². The predicted octanol–water partition coefficient (Wildman–Crippen LogP) is 4.40. The van der Waals surface area contributed by atoms with Crippen molar-refractivity contribution in [2.24, 2.45) is 0 Å². The second-order valence-electron chi connectivity index (χ2n) is 9.98. The highest BCUT2D eigenvalue weighted by atomic mass is 32.2. The Morgan fingerprint density at radius 3 is 2.61 bits per heavy atom. The number of carbonyl (C=O) groups is 2. The molecule has 1 aliphatic heterocycles. The first-order chi connectivity index (χ1) is 21.4. The molecule has 1 aromatic heterocycles. The largest absolute Gasteiger partial charge is 0.493 e. The standard InChI is InChI=1S/C32H34N4O7S/c1-4-28(30(38)34-21-10-12-25-27(18-21)43-19-42-25)44-32-35-23-8-6-5-7-22(23)31(39)36(32)16-14-29(37)33-15-13-20-9-11-24(40-2)26(17-20)41-3/h5-12,17-18,28H,4,13-16,19H2,1-3H3,(H,33,37)(H,34,38)/t28-/m1/s1. The number of rotatable bonds is 13. The van der Waals surface area contributed by atoms with Gasteiger partial charge in [0.15, 0.2) is 28.2 Å². The Kier molecular flexibility index (Phi) is 9.90. The van der Waals surface area contributed by atoms with E-state index in [4.69, 9.17) is 23.9 Å². The van der Waals surface area contributed by atoms with Gasteiger partial charge in [0.05, 0.1) is 30.4 Å². The molecule has 2 heterocycles. The van der Waals surface area contributed by atoms with Gasteiger partial charge in [0, 0.05) is 31.3 Å². The number of para-hydroxylation sites is 1. The van der Waals surface area contributed by atoms with Crippen LogP contribution in [-0.4, -0.2) is 54.2 Å². The van der Waals surface area contributed by atoms with E-state index in [1.807, 2.05) is 31.2 Å². The van der Waals surface area contributed by atoms with Crippen LogP contribution in [0.3, 0.4) is 0 Å². The summed E-state index contributed by atoms with van der Waals surface area (Å²) in [4.78, 5) is 44.4. The second kappa shape index (κ2) is 14.2. The van der Waals surface area contributed by atoms with Crippen LogP contribution in [0.25, 0.3) is 10.9 Å². The maximum atomic E-state index is 13.5. The number of hydrogen-bond donors (Lipinski definition) is 2. The van der Waals surface area contributed by atoms with Crippen molar-refractivity contribution in [2.45, 2.75) is 43.1 Å². The van der Waals surface area contributed by atoms with Crippen molar-refractivity contribution < 1.29 is 28.5 Å². The summed E-state index contributed by atoms with van der Waals surface area (Å²) in [6.07, 6.45) is 1.15. The molecule has 0 unspecified atom stereocenters. The average Bonchev–Trinajstić information content (AvgIpc) is 3.51. The van der Waals surface area contributed by atoms with Crippen molar-refractivity contribution in [3.63, 3.8) is 0 Å². The lowest BCUT2D eigenvalue weighted by Crippen LogP contribution is -2.31. The Morgan fingerprint density at radius 2 is 1.82 bits per heavy atom. The van der Waals surface area contributed by atoms with E-state index < -0.39 is 5.25 Å². The SMILES string of the molecule is CC[C@@H](Sc1nc2ccccc2c(=O)n1CCC(=O)NCCc1ccc(OC)c(OC)c1)C(=O)Nc1ccc2c(c1)OCO2. The number of ether oxygens (including phenoxy) is 4. The Balaban J connectivity index is 1.26. The molecule has 0 saturated heterocycles. The lowest BCUT2D eigenvalue weighted by molar-refractivity contribution is -0.121. The van der Waals surface area contributed by atoms with Crippen molar-refractivity contribution in [3.8, 4) is 23.0 Å². The third-order valence-corrected chi connectivity index (χ3v) is 8.48. The van der Waals surface area contributed by atoms with Crippen molar-refractivity contribution in [3.05, 3.63) is 76.6 Å². The fourth-order valence-electron chi connectivity index (χ4n) is 4.77. The Morgan fingerprint density at radius 1 is 1.02 bits per heavy atom. The lowest BCUT2D eigenvalue weighted by Gasteiger charge is -2.18. The molecule has 4 aromatic rings. The highest BCUT2D eigenvalue weighted by molar-refractivity contribution is 8.00. The summed E-state index contributed by atoms with van der Waals surface area (Å²) in [5.41, 5.74) is 1.83. The molecule has 0 saturated carbocycles. The zero-order valence-corrected chi connectivity index (χ0v) is 25.6. The number of anilines is 1. The molecule has 1 atom stereocenters.